The van der Waals surface area contributed by atoms with Gasteiger partial charge in [-0.05, 0) is 59.4 Å². The fourth-order valence-electron chi connectivity index (χ4n) is 2.06. The smallest absolute Gasteiger partial charge is 0.0907 e. The molecule has 3 rings (SSSR count). The summed E-state index contributed by atoms with van der Waals surface area (Å²) >= 11 is 7.09. The van der Waals surface area contributed by atoms with Gasteiger partial charge in [-0.3, -0.25) is 0 Å². The maximum atomic E-state index is 4.48. The summed E-state index contributed by atoms with van der Waals surface area (Å²) in [5, 5.41) is 6.76. The summed E-state index contributed by atoms with van der Waals surface area (Å²) in [7, 11) is 0. The van der Waals surface area contributed by atoms with Crippen molar-refractivity contribution in [3.05, 3.63) is 44.0 Å². The van der Waals surface area contributed by atoms with E-state index >= 15 is 0 Å². The lowest BCUT2D eigenvalue weighted by atomic mass is 10.2. The van der Waals surface area contributed by atoms with Crippen molar-refractivity contribution < 1.29 is 0 Å². The molecule has 19 heavy (non-hydrogen) atoms. The van der Waals surface area contributed by atoms with Crippen molar-refractivity contribution in [2.75, 3.05) is 5.32 Å². The van der Waals surface area contributed by atoms with Crippen LogP contribution in [0.4, 0.5) is 5.69 Å². The van der Waals surface area contributed by atoms with Crippen LogP contribution in [-0.4, -0.2) is 4.98 Å². The fraction of sp³-hybridized carbons (Fsp3) is 0.214. The zero-order valence-electron chi connectivity index (χ0n) is 10.6. The van der Waals surface area contributed by atoms with Gasteiger partial charge in [0.1, 0.15) is 0 Å². The van der Waals surface area contributed by atoms with Crippen LogP contribution in [0.5, 0.6) is 0 Å². The molecule has 5 heteroatoms. The first kappa shape index (κ1) is 13.1. The Morgan fingerprint density at radius 3 is 2.89 bits per heavy atom. The lowest BCUT2D eigenvalue weighted by Crippen LogP contribution is -2.05. The number of rotatable bonds is 3. The number of halogens is 1. The predicted octanol–water partition coefficient (Wildman–Crippen LogP) is 5.60. The Morgan fingerprint density at radius 2 is 2.16 bits per heavy atom. The number of hydrogen-bond donors (Lipinski definition) is 1. The van der Waals surface area contributed by atoms with Crippen LogP contribution in [0, 0.1) is 6.92 Å². The average molecular weight is 353 g/mol. The maximum absolute atomic E-state index is 4.48. The quantitative estimate of drug-likeness (QED) is 0.663. The van der Waals surface area contributed by atoms with Gasteiger partial charge in [-0.1, -0.05) is 0 Å². The molecule has 1 atom stereocenters. The van der Waals surface area contributed by atoms with E-state index in [2.05, 4.69) is 62.8 Å². The lowest BCUT2D eigenvalue weighted by Gasteiger charge is -2.14. The molecule has 2 aromatic heterocycles. The van der Waals surface area contributed by atoms with Gasteiger partial charge in [-0.15, -0.1) is 22.7 Å². The number of anilines is 1. The van der Waals surface area contributed by atoms with Crippen molar-refractivity contribution in [2.24, 2.45) is 0 Å². The van der Waals surface area contributed by atoms with E-state index in [9.17, 15) is 0 Å². The Bertz CT molecular complexity index is 717. The van der Waals surface area contributed by atoms with E-state index in [-0.39, 0.29) is 0 Å². The minimum atomic E-state index is 0.292. The van der Waals surface area contributed by atoms with Crippen LogP contribution in [0.3, 0.4) is 0 Å². The van der Waals surface area contributed by atoms with Gasteiger partial charge in [0, 0.05) is 15.0 Å². The molecule has 0 bridgehead atoms. The van der Waals surface area contributed by atoms with Gasteiger partial charge in [0.25, 0.3) is 0 Å². The van der Waals surface area contributed by atoms with E-state index in [1.807, 2.05) is 6.92 Å². The minimum absolute atomic E-state index is 0.292. The molecule has 1 N–H and O–H groups in total. The van der Waals surface area contributed by atoms with Gasteiger partial charge in [0.15, 0.2) is 0 Å². The molecule has 0 amide bonds. The molecule has 0 saturated heterocycles. The van der Waals surface area contributed by atoms with Gasteiger partial charge >= 0.3 is 0 Å². The molecular formula is C14H13BrN2S2. The van der Waals surface area contributed by atoms with Crippen LogP contribution in [0.1, 0.15) is 22.9 Å². The first-order valence-corrected chi connectivity index (χ1v) is 8.49. The zero-order chi connectivity index (χ0) is 13.4. The molecule has 0 aliphatic carbocycles. The van der Waals surface area contributed by atoms with Crippen LogP contribution in [0.15, 0.2) is 34.1 Å². The van der Waals surface area contributed by atoms with Crippen molar-refractivity contribution in [3.63, 3.8) is 0 Å². The summed E-state index contributed by atoms with van der Waals surface area (Å²) in [6.07, 6.45) is 0. The molecule has 0 fully saturated rings. The number of fused-ring (bicyclic) bond motifs is 1. The number of nitrogens with one attached hydrogen (secondary N) is 1. The molecule has 0 aliphatic rings. The van der Waals surface area contributed by atoms with Gasteiger partial charge in [-0.25, -0.2) is 4.98 Å². The third-order valence-corrected chi connectivity index (χ3v) is 5.90. The highest BCUT2D eigenvalue weighted by molar-refractivity contribution is 9.10. The van der Waals surface area contributed by atoms with Gasteiger partial charge < -0.3 is 5.32 Å². The average Bonchev–Trinajstić information content (AvgIpc) is 2.93. The number of aromatic nitrogens is 1. The third kappa shape index (κ3) is 2.68. The number of benzene rings is 1. The molecule has 3 aromatic rings. The van der Waals surface area contributed by atoms with Crippen LogP contribution in [-0.2, 0) is 0 Å². The fourth-order valence-corrected chi connectivity index (χ4v) is 4.65. The van der Waals surface area contributed by atoms with E-state index in [1.165, 1.54) is 14.0 Å². The number of thiophene rings is 1. The van der Waals surface area contributed by atoms with Crippen LogP contribution >= 0.6 is 38.6 Å². The molecule has 0 radical (unpaired) electrons. The van der Waals surface area contributed by atoms with Crippen molar-refractivity contribution in [1.29, 1.82) is 0 Å². The van der Waals surface area contributed by atoms with E-state index in [1.54, 1.807) is 22.7 Å². The summed E-state index contributed by atoms with van der Waals surface area (Å²) < 4.78 is 2.41. The van der Waals surface area contributed by atoms with Gasteiger partial charge in [-0.2, -0.15) is 0 Å². The van der Waals surface area contributed by atoms with Crippen molar-refractivity contribution in [3.8, 4) is 0 Å². The molecule has 0 spiro atoms. The van der Waals surface area contributed by atoms with Gasteiger partial charge in [0.05, 0.1) is 21.3 Å². The normalized spacial score (nSPS) is 12.8. The van der Waals surface area contributed by atoms with E-state index in [0.717, 1.165) is 16.2 Å². The SMILES string of the molecule is Cc1nc2ccc(NC(C)c3sccc3Br)cc2s1. The standard InChI is InChI=1S/C14H13BrN2S2/c1-8(14-11(15)5-6-18-14)16-10-3-4-12-13(7-10)19-9(2)17-12/h3-8,16H,1-2H3. The number of hydrogen-bond acceptors (Lipinski definition) is 4. The maximum Gasteiger partial charge on any atom is 0.0907 e. The Kier molecular flexibility index (Phi) is 3.60. The summed E-state index contributed by atoms with van der Waals surface area (Å²) in [6.45, 7) is 4.22. The summed E-state index contributed by atoms with van der Waals surface area (Å²) in [5.41, 5.74) is 2.22. The molecule has 1 aromatic carbocycles. The molecule has 0 aliphatic heterocycles. The molecule has 1 unspecified atom stereocenters. The summed E-state index contributed by atoms with van der Waals surface area (Å²) in [6, 6.07) is 8.74. The van der Waals surface area contributed by atoms with E-state index in [4.69, 9.17) is 0 Å². The van der Waals surface area contributed by atoms with Crippen LogP contribution in [0.2, 0.25) is 0 Å². The Morgan fingerprint density at radius 1 is 1.32 bits per heavy atom. The lowest BCUT2D eigenvalue weighted by molar-refractivity contribution is 0.904. The molecule has 2 heterocycles. The minimum Gasteiger partial charge on any atom is -0.378 e. The van der Waals surface area contributed by atoms with E-state index in [0.29, 0.717) is 6.04 Å². The second-order valence-electron chi connectivity index (χ2n) is 4.41. The topological polar surface area (TPSA) is 24.9 Å². The highest BCUT2D eigenvalue weighted by Gasteiger charge is 2.11. The van der Waals surface area contributed by atoms with Crippen LogP contribution < -0.4 is 5.32 Å². The third-order valence-electron chi connectivity index (χ3n) is 2.92. The Hall–Kier alpha value is -0.910. The first-order chi connectivity index (χ1) is 9.13. The molecule has 2 nitrogen and oxygen atoms in total. The summed E-state index contributed by atoms with van der Waals surface area (Å²) in [4.78, 5) is 5.80. The molecular weight excluding hydrogens is 340 g/mol. The Labute approximate surface area is 128 Å². The van der Waals surface area contributed by atoms with Crippen molar-refractivity contribution >= 4 is 54.5 Å². The Balaban J connectivity index is 1.86. The van der Waals surface area contributed by atoms with E-state index < -0.39 is 0 Å². The number of aryl methyl sites for hydroxylation is 1. The van der Waals surface area contributed by atoms with Crippen molar-refractivity contribution in [1.82, 2.24) is 4.98 Å². The summed E-state index contributed by atoms with van der Waals surface area (Å²) in [5.74, 6) is 0. The highest BCUT2D eigenvalue weighted by atomic mass is 79.9. The zero-order valence-corrected chi connectivity index (χ0v) is 13.8. The first-order valence-electron chi connectivity index (χ1n) is 6.00. The van der Waals surface area contributed by atoms with Crippen molar-refractivity contribution in [2.45, 2.75) is 19.9 Å². The monoisotopic (exact) mass is 352 g/mol. The highest BCUT2D eigenvalue weighted by Crippen LogP contribution is 2.32. The number of nitrogens with zero attached hydrogens (tertiary/aromatic N) is 1. The predicted molar refractivity (Wildman–Crippen MR) is 88.4 cm³/mol. The molecule has 98 valence electrons. The molecule has 0 saturated carbocycles. The van der Waals surface area contributed by atoms with Crippen LogP contribution in [0.25, 0.3) is 10.2 Å². The number of thiazole rings is 1. The van der Waals surface area contributed by atoms with Gasteiger partial charge in [0.2, 0.25) is 0 Å². The second-order valence-corrected chi connectivity index (χ2v) is 7.45. The second kappa shape index (κ2) is 5.23. The largest absolute Gasteiger partial charge is 0.378 e.